The van der Waals surface area contributed by atoms with E-state index in [1.54, 1.807) is 0 Å². The van der Waals surface area contributed by atoms with Crippen molar-refractivity contribution in [3.8, 4) is 0 Å². The van der Waals surface area contributed by atoms with Gasteiger partial charge in [0.2, 0.25) is 0 Å². The minimum absolute atomic E-state index is 0.314. The Morgan fingerprint density at radius 1 is 1.25 bits per heavy atom. The number of anilines is 2. The summed E-state index contributed by atoms with van der Waals surface area (Å²) in [5.74, 6) is 0. The summed E-state index contributed by atoms with van der Waals surface area (Å²) in [7, 11) is 2.19. The topological polar surface area (TPSA) is 15.3 Å². The first-order valence-electron chi connectivity index (χ1n) is 5.95. The molecule has 0 radical (unpaired) electrons. The van der Waals surface area contributed by atoms with Crippen LogP contribution in [0.15, 0.2) is 12.1 Å². The molecule has 0 amide bonds. The molecule has 1 aliphatic rings. The van der Waals surface area contributed by atoms with Crippen molar-refractivity contribution in [2.24, 2.45) is 5.41 Å². The Morgan fingerprint density at radius 3 is 2.62 bits per heavy atom. The van der Waals surface area contributed by atoms with Gasteiger partial charge in [-0.05, 0) is 36.5 Å². The van der Waals surface area contributed by atoms with E-state index >= 15 is 0 Å². The van der Waals surface area contributed by atoms with Crippen LogP contribution in [0.25, 0.3) is 0 Å². The summed E-state index contributed by atoms with van der Waals surface area (Å²) < 4.78 is 0. The average Bonchev–Trinajstić information content (AvgIpc) is 2.22. The zero-order valence-corrected chi connectivity index (χ0v) is 11.0. The van der Waals surface area contributed by atoms with Gasteiger partial charge in [0, 0.05) is 20.1 Å². The summed E-state index contributed by atoms with van der Waals surface area (Å²) in [5.41, 5.74) is 5.65. The van der Waals surface area contributed by atoms with Crippen LogP contribution in [-0.2, 0) is 0 Å². The third-order valence-electron chi connectivity index (χ3n) is 3.25. The van der Waals surface area contributed by atoms with Gasteiger partial charge in [-0.1, -0.05) is 19.9 Å². The molecule has 1 aliphatic heterocycles. The van der Waals surface area contributed by atoms with Crippen molar-refractivity contribution in [2.45, 2.75) is 27.7 Å². The zero-order valence-electron chi connectivity index (χ0n) is 11.0. The first-order chi connectivity index (χ1) is 7.39. The standard InChI is InChI=1S/C14H22N2/c1-10-6-11(2)13-12(7-10)15-8-14(3,4)9-16(13)5/h6-7,15H,8-9H2,1-5H3. The van der Waals surface area contributed by atoms with E-state index in [1.165, 1.54) is 22.5 Å². The lowest BCUT2D eigenvalue weighted by atomic mass is 9.93. The predicted molar refractivity (Wildman–Crippen MR) is 71.5 cm³/mol. The van der Waals surface area contributed by atoms with Gasteiger partial charge in [0.15, 0.2) is 0 Å². The van der Waals surface area contributed by atoms with Crippen LogP contribution in [0, 0.1) is 19.3 Å². The molecule has 0 saturated heterocycles. The second kappa shape index (κ2) is 3.69. The zero-order chi connectivity index (χ0) is 11.9. The molecule has 0 unspecified atom stereocenters. The van der Waals surface area contributed by atoms with Crippen LogP contribution in [0.1, 0.15) is 25.0 Å². The van der Waals surface area contributed by atoms with E-state index in [0.29, 0.717) is 5.41 Å². The number of rotatable bonds is 0. The molecule has 1 heterocycles. The highest BCUT2D eigenvalue weighted by Crippen LogP contribution is 2.35. The van der Waals surface area contributed by atoms with Gasteiger partial charge in [-0.3, -0.25) is 0 Å². The highest BCUT2D eigenvalue weighted by molar-refractivity contribution is 5.75. The molecule has 0 saturated carbocycles. The van der Waals surface area contributed by atoms with Gasteiger partial charge in [0.1, 0.15) is 0 Å². The minimum atomic E-state index is 0.314. The maximum Gasteiger partial charge on any atom is 0.0629 e. The van der Waals surface area contributed by atoms with E-state index in [4.69, 9.17) is 0 Å². The number of hydrogen-bond acceptors (Lipinski definition) is 2. The molecular weight excluding hydrogens is 196 g/mol. The molecule has 0 aromatic heterocycles. The Hall–Kier alpha value is -1.18. The second-order valence-corrected chi connectivity index (χ2v) is 5.85. The number of fused-ring (bicyclic) bond motifs is 1. The van der Waals surface area contributed by atoms with Gasteiger partial charge in [0.05, 0.1) is 11.4 Å². The van der Waals surface area contributed by atoms with Gasteiger partial charge >= 0.3 is 0 Å². The molecule has 2 rings (SSSR count). The van der Waals surface area contributed by atoms with E-state index in [9.17, 15) is 0 Å². The Balaban J connectivity index is 2.49. The molecule has 0 atom stereocenters. The summed E-state index contributed by atoms with van der Waals surface area (Å²) in [6, 6.07) is 4.51. The van der Waals surface area contributed by atoms with Gasteiger partial charge in [-0.25, -0.2) is 0 Å². The summed E-state index contributed by atoms with van der Waals surface area (Å²) in [6.45, 7) is 11.1. The van der Waals surface area contributed by atoms with Crippen molar-refractivity contribution in [1.29, 1.82) is 0 Å². The third kappa shape index (κ3) is 2.01. The lowest BCUT2D eigenvalue weighted by molar-refractivity contribution is 0.402. The molecule has 1 aromatic rings. The molecule has 1 aromatic carbocycles. The molecule has 2 heteroatoms. The molecule has 2 nitrogen and oxygen atoms in total. The molecule has 16 heavy (non-hydrogen) atoms. The Morgan fingerprint density at radius 2 is 1.94 bits per heavy atom. The SMILES string of the molecule is Cc1cc(C)c2c(c1)NCC(C)(C)CN2C. The fourth-order valence-electron chi connectivity index (χ4n) is 2.71. The normalized spacial score (nSPS) is 18.7. The van der Waals surface area contributed by atoms with Crippen molar-refractivity contribution < 1.29 is 0 Å². The van der Waals surface area contributed by atoms with E-state index in [-0.39, 0.29) is 0 Å². The average molecular weight is 218 g/mol. The molecule has 1 N–H and O–H groups in total. The lowest BCUT2D eigenvalue weighted by Gasteiger charge is -2.28. The van der Waals surface area contributed by atoms with Crippen LogP contribution in [0.3, 0.4) is 0 Å². The predicted octanol–water partition coefficient (Wildman–Crippen LogP) is 3.19. The maximum atomic E-state index is 3.59. The molecular formula is C14H22N2. The number of benzene rings is 1. The Kier molecular flexibility index (Phi) is 2.61. The van der Waals surface area contributed by atoms with Crippen LogP contribution >= 0.6 is 0 Å². The first-order valence-corrected chi connectivity index (χ1v) is 5.95. The van der Waals surface area contributed by atoms with Crippen molar-refractivity contribution in [3.63, 3.8) is 0 Å². The third-order valence-corrected chi connectivity index (χ3v) is 3.25. The van der Waals surface area contributed by atoms with Crippen molar-refractivity contribution in [3.05, 3.63) is 23.3 Å². The largest absolute Gasteiger partial charge is 0.383 e. The van der Waals surface area contributed by atoms with E-state index in [1.807, 2.05) is 0 Å². The number of nitrogens with one attached hydrogen (secondary N) is 1. The van der Waals surface area contributed by atoms with Crippen LogP contribution in [0.4, 0.5) is 11.4 Å². The number of aryl methyl sites for hydroxylation is 2. The van der Waals surface area contributed by atoms with Gasteiger partial charge in [-0.15, -0.1) is 0 Å². The first kappa shape index (κ1) is 11.3. The molecule has 0 fully saturated rings. The molecule has 0 bridgehead atoms. The van der Waals surface area contributed by atoms with Gasteiger partial charge in [-0.2, -0.15) is 0 Å². The maximum absolute atomic E-state index is 3.59. The minimum Gasteiger partial charge on any atom is -0.383 e. The number of nitrogens with zero attached hydrogens (tertiary/aromatic N) is 1. The van der Waals surface area contributed by atoms with Crippen molar-refractivity contribution in [1.82, 2.24) is 0 Å². The van der Waals surface area contributed by atoms with Crippen LogP contribution in [0.2, 0.25) is 0 Å². The van der Waals surface area contributed by atoms with Crippen molar-refractivity contribution in [2.75, 3.05) is 30.4 Å². The molecule has 0 aliphatic carbocycles. The van der Waals surface area contributed by atoms with Gasteiger partial charge < -0.3 is 10.2 Å². The van der Waals surface area contributed by atoms with Crippen LogP contribution in [-0.4, -0.2) is 20.1 Å². The highest BCUT2D eigenvalue weighted by atomic mass is 15.2. The lowest BCUT2D eigenvalue weighted by Crippen LogP contribution is -2.33. The smallest absolute Gasteiger partial charge is 0.0629 e. The van der Waals surface area contributed by atoms with E-state index < -0.39 is 0 Å². The summed E-state index contributed by atoms with van der Waals surface area (Å²) >= 11 is 0. The van der Waals surface area contributed by atoms with Crippen LogP contribution < -0.4 is 10.2 Å². The quantitative estimate of drug-likeness (QED) is 0.719. The molecule has 88 valence electrons. The summed E-state index contributed by atoms with van der Waals surface area (Å²) in [4.78, 5) is 2.38. The molecule has 0 spiro atoms. The van der Waals surface area contributed by atoms with E-state index in [2.05, 4.69) is 57.1 Å². The fourth-order valence-corrected chi connectivity index (χ4v) is 2.71. The van der Waals surface area contributed by atoms with Crippen molar-refractivity contribution >= 4 is 11.4 Å². The second-order valence-electron chi connectivity index (χ2n) is 5.85. The fraction of sp³-hybridized carbons (Fsp3) is 0.571. The number of hydrogen-bond donors (Lipinski definition) is 1. The monoisotopic (exact) mass is 218 g/mol. The van der Waals surface area contributed by atoms with Crippen LogP contribution in [0.5, 0.6) is 0 Å². The summed E-state index contributed by atoms with van der Waals surface area (Å²) in [5, 5.41) is 3.59. The van der Waals surface area contributed by atoms with Gasteiger partial charge in [0.25, 0.3) is 0 Å². The van der Waals surface area contributed by atoms with E-state index in [0.717, 1.165) is 13.1 Å². The highest BCUT2D eigenvalue weighted by Gasteiger charge is 2.26. The Labute approximate surface area is 98.7 Å². The summed E-state index contributed by atoms with van der Waals surface area (Å²) in [6.07, 6.45) is 0. The Bertz CT molecular complexity index is 407.